The summed E-state index contributed by atoms with van der Waals surface area (Å²) in [5.41, 5.74) is 0.590. The summed E-state index contributed by atoms with van der Waals surface area (Å²) in [5.74, 6) is 1.29. The lowest BCUT2D eigenvalue weighted by atomic mass is 9.95. The van der Waals surface area contributed by atoms with E-state index in [1.165, 1.54) is 0 Å². The van der Waals surface area contributed by atoms with Crippen molar-refractivity contribution in [3.05, 3.63) is 23.8 Å². The van der Waals surface area contributed by atoms with Gasteiger partial charge in [-0.05, 0) is 37.5 Å². The fraction of sp³-hybridized carbons (Fsp3) is 0.556. The van der Waals surface area contributed by atoms with Gasteiger partial charge in [0.25, 0.3) is 5.91 Å². The monoisotopic (exact) mass is 348 g/mol. The van der Waals surface area contributed by atoms with Gasteiger partial charge in [-0.2, -0.15) is 0 Å². The van der Waals surface area contributed by atoms with Crippen molar-refractivity contribution in [3.63, 3.8) is 0 Å². The van der Waals surface area contributed by atoms with Crippen LogP contribution in [0.2, 0.25) is 0 Å². The zero-order chi connectivity index (χ0) is 17.6. The fourth-order valence-corrected chi connectivity index (χ4v) is 3.13. The molecule has 1 aromatic rings. The number of piperidine rings is 1. The molecule has 2 aliphatic rings. The maximum Gasteiger partial charge on any atom is 0.253 e. The van der Waals surface area contributed by atoms with Crippen molar-refractivity contribution in [2.24, 2.45) is 5.92 Å². The number of hydrogen-bond donors (Lipinski definition) is 1. The second-order valence-corrected chi connectivity index (χ2v) is 6.27. The largest absolute Gasteiger partial charge is 0.454 e. The Morgan fingerprint density at radius 3 is 2.76 bits per heavy atom. The molecule has 136 valence electrons. The van der Waals surface area contributed by atoms with Gasteiger partial charge in [0.1, 0.15) is 0 Å². The van der Waals surface area contributed by atoms with Crippen LogP contribution in [0, 0.1) is 5.92 Å². The van der Waals surface area contributed by atoms with Crippen molar-refractivity contribution >= 4 is 11.8 Å². The number of methoxy groups -OCH3 is 1. The van der Waals surface area contributed by atoms with Crippen LogP contribution >= 0.6 is 0 Å². The molecule has 7 nitrogen and oxygen atoms in total. The number of carbonyl (C=O) groups excluding carboxylic acids is 2. The third-order valence-electron chi connectivity index (χ3n) is 4.60. The number of hydrogen-bond acceptors (Lipinski definition) is 5. The lowest BCUT2D eigenvalue weighted by Gasteiger charge is -2.31. The summed E-state index contributed by atoms with van der Waals surface area (Å²) in [6, 6.07) is 5.24. The first-order valence-electron chi connectivity index (χ1n) is 8.64. The second-order valence-electron chi connectivity index (χ2n) is 6.27. The molecule has 2 aliphatic heterocycles. The van der Waals surface area contributed by atoms with Gasteiger partial charge in [-0.3, -0.25) is 9.59 Å². The molecule has 2 heterocycles. The molecule has 0 aliphatic carbocycles. The molecule has 2 amide bonds. The quantitative estimate of drug-likeness (QED) is 0.787. The molecule has 3 rings (SSSR count). The highest BCUT2D eigenvalue weighted by Crippen LogP contribution is 2.33. The van der Waals surface area contributed by atoms with E-state index in [0.717, 1.165) is 6.42 Å². The van der Waals surface area contributed by atoms with E-state index >= 15 is 0 Å². The van der Waals surface area contributed by atoms with Gasteiger partial charge in [-0.25, -0.2) is 0 Å². The summed E-state index contributed by atoms with van der Waals surface area (Å²) in [5, 5.41) is 2.94. The number of fused-ring (bicyclic) bond motifs is 1. The minimum absolute atomic E-state index is 0.0247. The Labute approximate surface area is 147 Å². The van der Waals surface area contributed by atoms with Gasteiger partial charge >= 0.3 is 0 Å². The Bertz CT molecular complexity index is 626. The smallest absolute Gasteiger partial charge is 0.253 e. The van der Waals surface area contributed by atoms with E-state index < -0.39 is 0 Å². The van der Waals surface area contributed by atoms with E-state index in [1.54, 1.807) is 30.2 Å². The van der Waals surface area contributed by atoms with Gasteiger partial charge in [0.05, 0.1) is 0 Å². The van der Waals surface area contributed by atoms with Crippen LogP contribution in [-0.2, 0) is 9.53 Å². The highest BCUT2D eigenvalue weighted by Gasteiger charge is 2.28. The molecule has 0 unspecified atom stereocenters. The molecule has 0 bridgehead atoms. The molecule has 1 fully saturated rings. The minimum Gasteiger partial charge on any atom is -0.454 e. The van der Waals surface area contributed by atoms with Crippen molar-refractivity contribution < 1.29 is 23.8 Å². The van der Waals surface area contributed by atoms with E-state index in [4.69, 9.17) is 14.2 Å². The first-order chi connectivity index (χ1) is 12.2. The van der Waals surface area contributed by atoms with Crippen LogP contribution in [0.1, 0.15) is 29.6 Å². The Kier molecular flexibility index (Phi) is 5.75. The van der Waals surface area contributed by atoms with Crippen LogP contribution in [0.5, 0.6) is 11.5 Å². The molecule has 1 aromatic carbocycles. The average Bonchev–Trinajstić information content (AvgIpc) is 3.12. The number of nitrogens with zero attached hydrogens (tertiary/aromatic N) is 1. The number of likely N-dealkylation sites (tertiary alicyclic amines) is 1. The molecular weight excluding hydrogens is 324 g/mol. The summed E-state index contributed by atoms with van der Waals surface area (Å²) in [4.78, 5) is 26.6. The van der Waals surface area contributed by atoms with Crippen molar-refractivity contribution in [3.8, 4) is 11.5 Å². The van der Waals surface area contributed by atoms with Crippen molar-refractivity contribution in [1.29, 1.82) is 0 Å². The van der Waals surface area contributed by atoms with E-state index in [1.807, 2.05) is 0 Å². The predicted molar refractivity (Wildman–Crippen MR) is 90.7 cm³/mol. The first-order valence-corrected chi connectivity index (χ1v) is 8.64. The van der Waals surface area contributed by atoms with Gasteiger partial charge in [-0.15, -0.1) is 0 Å². The van der Waals surface area contributed by atoms with Crippen LogP contribution in [0.4, 0.5) is 0 Å². The van der Waals surface area contributed by atoms with Crippen molar-refractivity contribution in [2.45, 2.75) is 19.3 Å². The maximum atomic E-state index is 12.6. The lowest BCUT2D eigenvalue weighted by Crippen LogP contribution is -2.43. The Morgan fingerprint density at radius 2 is 2.00 bits per heavy atom. The second kappa shape index (κ2) is 8.20. The molecule has 25 heavy (non-hydrogen) atoms. The highest BCUT2D eigenvalue weighted by molar-refractivity contribution is 5.95. The van der Waals surface area contributed by atoms with Gasteiger partial charge < -0.3 is 24.4 Å². The van der Waals surface area contributed by atoms with Gasteiger partial charge in [0, 0.05) is 44.8 Å². The molecule has 0 saturated carbocycles. The number of nitrogens with one attached hydrogen (secondary N) is 1. The number of ether oxygens (including phenoxy) is 3. The van der Waals surface area contributed by atoms with Crippen LogP contribution in [-0.4, -0.2) is 56.9 Å². The summed E-state index contributed by atoms with van der Waals surface area (Å²) in [6.45, 7) is 2.64. The molecule has 7 heteroatoms. The summed E-state index contributed by atoms with van der Waals surface area (Å²) in [6.07, 6.45) is 2.18. The minimum atomic E-state index is -0.0303. The zero-order valence-corrected chi connectivity index (χ0v) is 14.5. The Balaban J connectivity index is 1.48. The molecular formula is C18H24N2O5. The van der Waals surface area contributed by atoms with Crippen LogP contribution in [0.3, 0.4) is 0 Å². The standard InChI is InChI=1S/C18H24N2O5/c1-23-10-2-7-19-17(21)13-5-8-20(9-6-13)18(22)14-3-4-15-16(11-14)25-12-24-15/h3-4,11,13H,2,5-10,12H2,1H3,(H,19,21). The topological polar surface area (TPSA) is 77.1 Å². The van der Waals surface area contributed by atoms with Crippen LogP contribution < -0.4 is 14.8 Å². The van der Waals surface area contributed by atoms with Gasteiger partial charge in [-0.1, -0.05) is 0 Å². The third kappa shape index (κ3) is 4.22. The number of amides is 2. The number of carbonyl (C=O) groups is 2. The lowest BCUT2D eigenvalue weighted by molar-refractivity contribution is -0.126. The molecule has 1 saturated heterocycles. The van der Waals surface area contributed by atoms with E-state index in [0.29, 0.717) is 56.1 Å². The van der Waals surface area contributed by atoms with Gasteiger partial charge in [0.2, 0.25) is 12.7 Å². The number of benzene rings is 1. The van der Waals surface area contributed by atoms with Crippen LogP contribution in [0.15, 0.2) is 18.2 Å². The zero-order valence-electron chi connectivity index (χ0n) is 14.5. The highest BCUT2D eigenvalue weighted by atomic mass is 16.7. The summed E-state index contributed by atoms with van der Waals surface area (Å²) in [7, 11) is 1.65. The van der Waals surface area contributed by atoms with E-state index in [-0.39, 0.29) is 24.5 Å². The predicted octanol–water partition coefficient (Wildman–Crippen LogP) is 1.42. The van der Waals surface area contributed by atoms with Gasteiger partial charge in [0.15, 0.2) is 11.5 Å². The maximum absolute atomic E-state index is 12.6. The fourth-order valence-electron chi connectivity index (χ4n) is 3.13. The molecule has 0 radical (unpaired) electrons. The normalized spacial score (nSPS) is 16.8. The van der Waals surface area contributed by atoms with Crippen molar-refractivity contribution in [1.82, 2.24) is 10.2 Å². The van der Waals surface area contributed by atoms with Crippen LogP contribution in [0.25, 0.3) is 0 Å². The molecule has 0 atom stereocenters. The molecule has 1 N–H and O–H groups in total. The Morgan fingerprint density at radius 1 is 1.24 bits per heavy atom. The molecule has 0 aromatic heterocycles. The summed E-state index contributed by atoms with van der Waals surface area (Å²) < 4.78 is 15.6. The Hall–Kier alpha value is -2.28. The third-order valence-corrected chi connectivity index (χ3v) is 4.60. The van der Waals surface area contributed by atoms with Crippen molar-refractivity contribution in [2.75, 3.05) is 40.1 Å². The van der Waals surface area contributed by atoms with E-state index in [2.05, 4.69) is 5.32 Å². The van der Waals surface area contributed by atoms with E-state index in [9.17, 15) is 9.59 Å². The first kappa shape index (κ1) is 17.5. The average molecular weight is 348 g/mol. The summed E-state index contributed by atoms with van der Waals surface area (Å²) >= 11 is 0. The SMILES string of the molecule is COCCCNC(=O)C1CCN(C(=O)c2ccc3c(c2)OCO3)CC1. The molecule has 0 spiro atoms. The number of rotatable bonds is 6.